The van der Waals surface area contributed by atoms with Gasteiger partial charge in [0.1, 0.15) is 30.1 Å². The van der Waals surface area contributed by atoms with Gasteiger partial charge >= 0.3 is 0 Å². The van der Waals surface area contributed by atoms with Gasteiger partial charge in [-0.2, -0.15) is 5.26 Å². The van der Waals surface area contributed by atoms with E-state index in [1.54, 1.807) is 24.3 Å². The number of carbonyl (C=O) groups excluding carboxylic acids is 4. The number of hydrogen-bond donors (Lipinski definition) is 4. The first-order valence-corrected chi connectivity index (χ1v) is 21.2. The molecule has 19 heteroatoms. The molecule has 0 bridgehead atoms. The van der Waals surface area contributed by atoms with Crippen LogP contribution in [0.5, 0.6) is 0 Å². The molecule has 320 valence electrons. The molecule has 2 aromatic carbocycles. The van der Waals surface area contributed by atoms with Crippen LogP contribution in [0.4, 0.5) is 27.4 Å². The molecule has 4 aromatic rings. The van der Waals surface area contributed by atoms with E-state index in [0.717, 1.165) is 67.2 Å². The van der Waals surface area contributed by atoms with Gasteiger partial charge in [0, 0.05) is 74.1 Å². The van der Waals surface area contributed by atoms with Gasteiger partial charge in [0.05, 0.1) is 28.5 Å². The molecule has 0 spiro atoms. The molecule has 4 amide bonds. The zero-order chi connectivity index (χ0) is 43.1. The van der Waals surface area contributed by atoms with E-state index in [-0.39, 0.29) is 41.6 Å². The van der Waals surface area contributed by atoms with Gasteiger partial charge in [0.2, 0.25) is 11.8 Å². The lowest BCUT2D eigenvalue weighted by molar-refractivity contribution is -0.139. The molecule has 3 fully saturated rings. The molecular weight excluding hydrogens is 819 g/mol. The number of rotatable bonds is 9. The van der Waals surface area contributed by atoms with Gasteiger partial charge in [-0.15, -0.1) is 10.2 Å². The Morgan fingerprint density at radius 2 is 1.76 bits per heavy atom. The second kappa shape index (κ2) is 17.2. The second-order valence-corrected chi connectivity index (χ2v) is 16.9. The third-order valence-electron chi connectivity index (χ3n) is 12.7. The molecule has 17 nitrogen and oxygen atoms in total. The molecule has 0 saturated carbocycles. The van der Waals surface area contributed by atoms with Gasteiger partial charge in [-0.3, -0.25) is 29.4 Å². The second-order valence-electron chi connectivity index (χ2n) is 16.4. The van der Waals surface area contributed by atoms with Crippen LogP contribution < -0.4 is 25.8 Å². The topological polar surface area (TPSA) is 213 Å². The predicted molar refractivity (Wildman–Crippen MR) is 224 cm³/mol. The average molecular weight is 863 g/mol. The highest BCUT2D eigenvalue weighted by atomic mass is 35.5. The number of nitrogens with zero attached hydrogens (tertiary/aromatic N) is 9. The molecule has 0 aliphatic carbocycles. The fourth-order valence-corrected chi connectivity index (χ4v) is 9.45. The van der Waals surface area contributed by atoms with Crippen molar-refractivity contribution in [2.75, 3.05) is 54.4 Å². The Morgan fingerprint density at radius 1 is 0.952 bits per heavy atom. The zero-order valence-corrected chi connectivity index (χ0v) is 34.4. The Labute approximate surface area is 361 Å². The number of piperidine rings is 3. The molecule has 9 rings (SSSR count). The summed E-state index contributed by atoms with van der Waals surface area (Å²) in [5.74, 6) is -0.969. The third-order valence-corrected chi connectivity index (χ3v) is 13.0. The van der Waals surface area contributed by atoms with Crippen LogP contribution in [0.25, 0.3) is 0 Å². The van der Waals surface area contributed by atoms with Crippen molar-refractivity contribution >= 4 is 58.2 Å². The highest BCUT2D eigenvalue weighted by Gasteiger charge is 2.45. The standard InChI is InChI=1S/C43H44ClFN12O5/c44-31-17-27(2-1-25(31)20-46)56-16-11-28-34(22-56)47-23-48-39(28)50-37-5-3-33(52-53-37)40(59)49-26-9-12-54(13-10-26)21-24-7-14-55(15-8-24)36-19-30-29(18-32(36)45)42(61)57(43(30)62)35-4-6-38(58)51-41(35)60/h1-3,5,17-19,23-24,26,35,42,61H,4,6-16,21-22H2,(H,49,59)(H,51,58,60)(H,47,48,50,53). The minimum Gasteiger partial charge on any atom is -0.369 e. The number of fused-ring (bicyclic) bond motifs is 2. The summed E-state index contributed by atoms with van der Waals surface area (Å²) in [6, 6.07) is 12.5. The van der Waals surface area contributed by atoms with E-state index in [9.17, 15) is 29.5 Å². The first kappa shape index (κ1) is 41.1. The number of nitriles is 1. The number of amides is 4. The molecule has 2 unspecified atom stereocenters. The molecule has 2 aromatic heterocycles. The number of likely N-dealkylation sites (tertiary alicyclic amines) is 1. The van der Waals surface area contributed by atoms with Crippen molar-refractivity contribution < 1.29 is 28.7 Å². The van der Waals surface area contributed by atoms with Crippen LogP contribution >= 0.6 is 11.6 Å². The zero-order valence-electron chi connectivity index (χ0n) is 33.7. The van der Waals surface area contributed by atoms with E-state index >= 15 is 4.39 Å². The number of carbonyl (C=O) groups is 4. The predicted octanol–water partition coefficient (Wildman–Crippen LogP) is 3.60. The summed E-state index contributed by atoms with van der Waals surface area (Å²) in [6.45, 7) is 5.01. The lowest BCUT2D eigenvalue weighted by Crippen LogP contribution is -2.53. The number of hydrogen-bond acceptors (Lipinski definition) is 14. The molecule has 7 heterocycles. The smallest absolute Gasteiger partial charge is 0.272 e. The maximum atomic E-state index is 15.5. The van der Waals surface area contributed by atoms with Crippen molar-refractivity contribution in [1.29, 1.82) is 5.26 Å². The Morgan fingerprint density at radius 3 is 2.48 bits per heavy atom. The van der Waals surface area contributed by atoms with E-state index in [1.807, 2.05) is 11.0 Å². The highest BCUT2D eigenvalue weighted by molar-refractivity contribution is 6.32. The quantitative estimate of drug-likeness (QED) is 0.177. The lowest BCUT2D eigenvalue weighted by atomic mass is 9.94. The van der Waals surface area contributed by atoms with Crippen molar-refractivity contribution in [3.05, 3.63) is 93.3 Å². The fourth-order valence-electron chi connectivity index (χ4n) is 9.23. The summed E-state index contributed by atoms with van der Waals surface area (Å²) < 4.78 is 15.5. The largest absolute Gasteiger partial charge is 0.369 e. The first-order chi connectivity index (χ1) is 30.0. The number of halogens is 2. The van der Waals surface area contributed by atoms with E-state index < -0.39 is 35.8 Å². The van der Waals surface area contributed by atoms with Crippen LogP contribution in [0.1, 0.15) is 88.0 Å². The van der Waals surface area contributed by atoms with Gasteiger partial charge in [-0.25, -0.2) is 14.4 Å². The molecule has 3 saturated heterocycles. The molecule has 4 N–H and O–H groups in total. The lowest BCUT2D eigenvalue weighted by Gasteiger charge is -2.38. The first-order valence-electron chi connectivity index (χ1n) is 20.9. The number of nitrogens with one attached hydrogen (secondary N) is 3. The van der Waals surface area contributed by atoms with E-state index in [1.165, 1.54) is 18.5 Å². The Bertz CT molecular complexity index is 2470. The monoisotopic (exact) mass is 862 g/mol. The van der Waals surface area contributed by atoms with Gasteiger partial charge in [0.15, 0.2) is 17.7 Å². The van der Waals surface area contributed by atoms with Crippen LogP contribution in [-0.4, -0.2) is 110 Å². The summed E-state index contributed by atoms with van der Waals surface area (Å²) in [5.41, 5.74) is 3.98. The van der Waals surface area contributed by atoms with E-state index in [4.69, 9.17) is 11.6 Å². The van der Waals surface area contributed by atoms with Crippen LogP contribution in [0.15, 0.2) is 48.8 Å². The number of aliphatic hydroxyl groups excluding tert-OH is 1. The van der Waals surface area contributed by atoms with E-state index in [0.29, 0.717) is 66.4 Å². The van der Waals surface area contributed by atoms with Crippen molar-refractivity contribution in [2.24, 2.45) is 5.92 Å². The van der Waals surface area contributed by atoms with Crippen molar-refractivity contribution in [1.82, 2.24) is 40.6 Å². The molecule has 5 aliphatic heterocycles. The molecular formula is C43H44ClFN12O5. The van der Waals surface area contributed by atoms with Gasteiger partial charge < -0.3 is 30.4 Å². The summed E-state index contributed by atoms with van der Waals surface area (Å²) in [4.78, 5) is 67.2. The fraction of sp³-hybridized carbons (Fsp3) is 0.419. The summed E-state index contributed by atoms with van der Waals surface area (Å²) in [7, 11) is 0. The van der Waals surface area contributed by atoms with Crippen LogP contribution in [0, 0.1) is 23.1 Å². The van der Waals surface area contributed by atoms with Gasteiger partial charge in [-0.1, -0.05) is 11.6 Å². The Kier molecular flexibility index (Phi) is 11.4. The minimum atomic E-state index is -1.47. The number of imide groups is 1. The van der Waals surface area contributed by atoms with Gasteiger partial charge in [-0.05, 0) is 86.9 Å². The van der Waals surface area contributed by atoms with Crippen molar-refractivity contribution in [3.63, 3.8) is 0 Å². The molecule has 0 radical (unpaired) electrons. The maximum absolute atomic E-state index is 15.5. The maximum Gasteiger partial charge on any atom is 0.272 e. The summed E-state index contributed by atoms with van der Waals surface area (Å²) in [5, 5.41) is 37.6. The van der Waals surface area contributed by atoms with Crippen molar-refractivity contribution in [2.45, 2.75) is 69.8 Å². The average Bonchev–Trinajstić information content (AvgIpc) is 3.51. The number of anilines is 4. The van der Waals surface area contributed by atoms with Crippen LogP contribution in [0.2, 0.25) is 5.02 Å². The summed E-state index contributed by atoms with van der Waals surface area (Å²) in [6.07, 6.45) is 4.10. The Hall–Kier alpha value is -6.29. The molecule has 2 atom stereocenters. The molecule has 62 heavy (non-hydrogen) atoms. The highest BCUT2D eigenvalue weighted by Crippen LogP contribution is 2.39. The van der Waals surface area contributed by atoms with Crippen LogP contribution in [-0.2, 0) is 22.6 Å². The number of benzene rings is 2. The third kappa shape index (κ3) is 8.22. The van der Waals surface area contributed by atoms with Crippen molar-refractivity contribution in [3.8, 4) is 6.07 Å². The van der Waals surface area contributed by atoms with E-state index in [2.05, 4.69) is 52.0 Å². The Balaban J connectivity index is 0.724. The number of aliphatic hydroxyl groups is 1. The minimum absolute atomic E-state index is 0.00235. The molecule has 5 aliphatic rings. The number of aromatic nitrogens is 4. The van der Waals surface area contributed by atoms with Gasteiger partial charge in [0.25, 0.3) is 11.8 Å². The SMILES string of the molecule is N#Cc1ccc(N2CCc3c(ncnc3Nc3ccc(C(=O)NC4CCN(CC5CCN(c6cc7c(cc6F)C(O)N(C6CCC(=O)NC6=O)C7=O)CC5)CC4)nn3)C2)cc1Cl. The summed E-state index contributed by atoms with van der Waals surface area (Å²) >= 11 is 6.28. The normalized spacial score (nSPS) is 21.0. The van der Waals surface area contributed by atoms with Crippen LogP contribution in [0.3, 0.4) is 0 Å².